The number of benzene rings is 4. The highest BCUT2D eigenvalue weighted by molar-refractivity contribution is 6.35. The van der Waals surface area contributed by atoms with Crippen molar-refractivity contribution in [2.45, 2.75) is 78.7 Å². The third-order valence-corrected chi connectivity index (χ3v) is 8.98. The molecule has 0 saturated carbocycles. The molecule has 2 amide bonds. The summed E-state index contributed by atoms with van der Waals surface area (Å²) in [7, 11) is 0. The van der Waals surface area contributed by atoms with Crippen molar-refractivity contribution in [3.05, 3.63) is 142 Å². The zero-order valence-electron chi connectivity index (χ0n) is 28.3. The first-order chi connectivity index (χ1) is 21.7. The first-order valence-corrected chi connectivity index (χ1v) is 16.0. The molecule has 2 atom stereocenters. The summed E-state index contributed by atoms with van der Waals surface area (Å²) < 4.78 is 0. The quantitative estimate of drug-likeness (QED) is 0.155. The van der Waals surface area contributed by atoms with Crippen LogP contribution in [0.5, 0.6) is 0 Å². The van der Waals surface area contributed by atoms with Gasteiger partial charge in [0.15, 0.2) is 0 Å². The van der Waals surface area contributed by atoms with Gasteiger partial charge in [0, 0.05) is 0 Å². The SMILES string of the molecule is Cc1ccc(C(O)(c2ccc(C)cc2)C(NC(=O)C(=O)NC(C(C)C)C(O)(c2ccc(C)cc2)c2ccc(C)cc2)C(C)C)cc1. The van der Waals surface area contributed by atoms with Gasteiger partial charge in [-0.3, -0.25) is 9.59 Å². The summed E-state index contributed by atoms with van der Waals surface area (Å²) in [4.78, 5) is 27.6. The van der Waals surface area contributed by atoms with E-state index in [4.69, 9.17) is 0 Å². The second kappa shape index (κ2) is 14.0. The third-order valence-electron chi connectivity index (χ3n) is 8.98. The van der Waals surface area contributed by atoms with Crippen LogP contribution in [-0.4, -0.2) is 34.1 Å². The molecule has 0 saturated heterocycles. The number of amides is 2. The van der Waals surface area contributed by atoms with Crippen molar-refractivity contribution in [2.75, 3.05) is 0 Å². The highest BCUT2D eigenvalue weighted by atomic mass is 16.3. The lowest BCUT2D eigenvalue weighted by atomic mass is 9.75. The minimum absolute atomic E-state index is 0.262. The van der Waals surface area contributed by atoms with Crippen molar-refractivity contribution in [1.82, 2.24) is 10.6 Å². The van der Waals surface area contributed by atoms with E-state index in [0.29, 0.717) is 22.3 Å². The van der Waals surface area contributed by atoms with E-state index in [9.17, 15) is 19.8 Å². The lowest BCUT2D eigenvalue weighted by Gasteiger charge is -2.41. The second-order valence-corrected chi connectivity index (χ2v) is 13.4. The molecule has 4 N–H and O–H groups in total. The molecule has 0 spiro atoms. The Hall–Kier alpha value is -4.26. The maximum absolute atomic E-state index is 13.8. The molecule has 0 heterocycles. The number of nitrogens with one attached hydrogen (secondary N) is 2. The molecule has 6 nitrogen and oxygen atoms in total. The molecule has 4 aromatic carbocycles. The number of rotatable bonds is 10. The Balaban J connectivity index is 1.72. The fourth-order valence-electron chi connectivity index (χ4n) is 6.20. The largest absolute Gasteiger partial charge is 0.378 e. The maximum Gasteiger partial charge on any atom is 0.309 e. The van der Waals surface area contributed by atoms with Gasteiger partial charge in [0.2, 0.25) is 0 Å². The molecular weight excluding hydrogens is 572 g/mol. The number of carbonyl (C=O) groups excluding carboxylic acids is 2. The van der Waals surface area contributed by atoms with Gasteiger partial charge in [-0.2, -0.15) is 0 Å². The summed E-state index contributed by atoms with van der Waals surface area (Å²) in [5, 5.41) is 30.9. The van der Waals surface area contributed by atoms with Crippen molar-refractivity contribution >= 4 is 11.8 Å². The Kier molecular flexibility index (Phi) is 10.5. The zero-order valence-corrected chi connectivity index (χ0v) is 28.3. The summed E-state index contributed by atoms with van der Waals surface area (Å²) in [6, 6.07) is 28.5. The van der Waals surface area contributed by atoms with Crippen molar-refractivity contribution in [1.29, 1.82) is 0 Å². The first kappa shape index (κ1) is 34.6. The highest BCUT2D eigenvalue weighted by Gasteiger charge is 2.46. The second-order valence-electron chi connectivity index (χ2n) is 13.4. The lowest BCUT2D eigenvalue weighted by molar-refractivity contribution is -0.142. The number of hydrogen-bond acceptors (Lipinski definition) is 4. The summed E-state index contributed by atoms with van der Waals surface area (Å²) in [5.74, 6) is -2.31. The van der Waals surface area contributed by atoms with E-state index in [-0.39, 0.29) is 11.8 Å². The van der Waals surface area contributed by atoms with E-state index < -0.39 is 35.1 Å². The van der Waals surface area contributed by atoms with Crippen LogP contribution in [0.4, 0.5) is 0 Å². The van der Waals surface area contributed by atoms with Gasteiger partial charge in [-0.25, -0.2) is 0 Å². The van der Waals surface area contributed by atoms with Crippen LogP contribution >= 0.6 is 0 Å². The molecule has 0 aliphatic heterocycles. The summed E-state index contributed by atoms with van der Waals surface area (Å²) in [6.07, 6.45) is 0. The molecule has 46 heavy (non-hydrogen) atoms. The molecule has 0 bridgehead atoms. The molecular formula is C40H48N2O4. The van der Waals surface area contributed by atoms with E-state index >= 15 is 0 Å². The van der Waals surface area contributed by atoms with Gasteiger partial charge < -0.3 is 20.8 Å². The van der Waals surface area contributed by atoms with E-state index in [1.807, 2.05) is 152 Å². The van der Waals surface area contributed by atoms with Gasteiger partial charge >= 0.3 is 11.8 Å². The van der Waals surface area contributed by atoms with E-state index in [1.165, 1.54) is 0 Å². The number of aliphatic hydroxyl groups is 2. The normalized spacial score (nSPS) is 13.4. The van der Waals surface area contributed by atoms with Crippen LogP contribution in [-0.2, 0) is 20.8 Å². The minimum Gasteiger partial charge on any atom is -0.378 e. The van der Waals surface area contributed by atoms with Crippen LogP contribution in [0.1, 0.15) is 72.2 Å². The van der Waals surface area contributed by atoms with Crippen molar-refractivity contribution < 1.29 is 19.8 Å². The van der Waals surface area contributed by atoms with Gasteiger partial charge in [-0.1, -0.05) is 147 Å². The lowest BCUT2D eigenvalue weighted by Crippen LogP contribution is -2.60. The molecule has 0 aliphatic rings. The topological polar surface area (TPSA) is 98.7 Å². The molecule has 0 aliphatic carbocycles. The Morgan fingerprint density at radius 1 is 0.457 bits per heavy atom. The average Bonchev–Trinajstić information content (AvgIpc) is 3.02. The van der Waals surface area contributed by atoms with Gasteiger partial charge in [-0.15, -0.1) is 0 Å². The molecule has 0 aromatic heterocycles. The fourth-order valence-corrected chi connectivity index (χ4v) is 6.20. The third kappa shape index (κ3) is 7.09. The Labute approximate surface area is 273 Å². The van der Waals surface area contributed by atoms with Gasteiger partial charge in [0.1, 0.15) is 11.2 Å². The van der Waals surface area contributed by atoms with Crippen LogP contribution in [0.25, 0.3) is 0 Å². The monoisotopic (exact) mass is 620 g/mol. The van der Waals surface area contributed by atoms with Gasteiger partial charge in [-0.05, 0) is 61.8 Å². The van der Waals surface area contributed by atoms with Crippen LogP contribution in [0.15, 0.2) is 97.1 Å². The molecule has 4 aromatic rings. The standard InChI is InChI=1S/C40H48N2O4/c1-25(2)35(39(45,31-17-9-27(5)10-18-31)32-19-11-28(6)12-20-32)41-37(43)38(44)42-36(26(3)4)40(46,33-21-13-29(7)14-22-33)34-23-15-30(8)16-24-34/h9-26,35-36,45-46H,1-8H3,(H,41,43)(H,42,44). The summed E-state index contributed by atoms with van der Waals surface area (Å²) in [5.41, 5.74) is 3.31. The number of aryl methyl sites for hydroxylation is 4. The zero-order chi connectivity index (χ0) is 33.8. The van der Waals surface area contributed by atoms with E-state index in [0.717, 1.165) is 22.3 Å². The Morgan fingerprint density at radius 2 is 0.652 bits per heavy atom. The van der Waals surface area contributed by atoms with Crippen molar-refractivity contribution in [3.63, 3.8) is 0 Å². The van der Waals surface area contributed by atoms with Crippen LogP contribution in [0.3, 0.4) is 0 Å². The summed E-state index contributed by atoms with van der Waals surface area (Å²) >= 11 is 0. The Morgan fingerprint density at radius 3 is 0.826 bits per heavy atom. The number of carbonyl (C=O) groups is 2. The van der Waals surface area contributed by atoms with Crippen molar-refractivity contribution in [3.8, 4) is 0 Å². The molecule has 2 unspecified atom stereocenters. The molecule has 0 fully saturated rings. The number of hydrogen-bond donors (Lipinski definition) is 4. The smallest absolute Gasteiger partial charge is 0.309 e. The predicted molar refractivity (Wildman–Crippen MR) is 184 cm³/mol. The highest BCUT2D eigenvalue weighted by Crippen LogP contribution is 2.38. The predicted octanol–water partition coefficient (Wildman–Crippen LogP) is 6.37. The molecule has 6 heteroatoms. The Bertz CT molecular complexity index is 1410. The first-order valence-electron chi connectivity index (χ1n) is 16.0. The van der Waals surface area contributed by atoms with Gasteiger partial charge in [0.25, 0.3) is 0 Å². The summed E-state index contributed by atoms with van der Waals surface area (Å²) in [6.45, 7) is 15.5. The maximum atomic E-state index is 13.8. The molecule has 242 valence electrons. The van der Waals surface area contributed by atoms with Crippen molar-refractivity contribution in [2.24, 2.45) is 11.8 Å². The minimum atomic E-state index is -1.63. The van der Waals surface area contributed by atoms with E-state index in [1.54, 1.807) is 0 Å². The average molecular weight is 621 g/mol. The molecule has 0 radical (unpaired) electrons. The van der Waals surface area contributed by atoms with Crippen LogP contribution < -0.4 is 10.6 Å². The van der Waals surface area contributed by atoms with Crippen LogP contribution in [0.2, 0.25) is 0 Å². The van der Waals surface area contributed by atoms with E-state index in [2.05, 4.69) is 10.6 Å². The van der Waals surface area contributed by atoms with Crippen LogP contribution in [0, 0.1) is 39.5 Å². The van der Waals surface area contributed by atoms with Gasteiger partial charge in [0.05, 0.1) is 12.1 Å². The molecule has 4 rings (SSSR count). The fraction of sp³-hybridized carbons (Fsp3) is 0.350.